The SMILES string of the molecule is COc1cc(N2C(=S)N[C@H](c3ccccn3)[C@H]2c2cc(C)n(-c3cc(Cl)ccc3O)c2C)ccc1NS(C)(=O)=O. The number of phenols is 1. The Morgan fingerprint density at radius 3 is 2.58 bits per heavy atom. The molecule has 0 bridgehead atoms. The van der Waals surface area contributed by atoms with Crippen LogP contribution in [0.1, 0.15) is 34.7 Å². The molecule has 9 nitrogen and oxygen atoms in total. The Labute approximate surface area is 243 Å². The molecule has 1 aliphatic heterocycles. The third-order valence-electron chi connectivity index (χ3n) is 6.82. The zero-order valence-electron chi connectivity index (χ0n) is 22.2. The number of ether oxygens (including phenoxy) is 1. The predicted octanol–water partition coefficient (Wildman–Crippen LogP) is 5.41. The van der Waals surface area contributed by atoms with Crippen molar-refractivity contribution in [3.63, 3.8) is 0 Å². The van der Waals surface area contributed by atoms with E-state index in [9.17, 15) is 13.5 Å². The van der Waals surface area contributed by atoms with Gasteiger partial charge in [0.05, 0.1) is 42.5 Å². The van der Waals surface area contributed by atoms with Gasteiger partial charge in [-0.3, -0.25) is 9.71 Å². The Morgan fingerprint density at radius 2 is 1.90 bits per heavy atom. The van der Waals surface area contributed by atoms with Gasteiger partial charge in [-0.25, -0.2) is 8.42 Å². The average Bonchev–Trinajstić information content (AvgIpc) is 3.40. The van der Waals surface area contributed by atoms with Crippen molar-refractivity contribution in [2.24, 2.45) is 0 Å². The topological polar surface area (TPSA) is 109 Å². The van der Waals surface area contributed by atoms with E-state index in [-0.39, 0.29) is 17.8 Å². The van der Waals surface area contributed by atoms with Gasteiger partial charge in [-0.2, -0.15) is 0 Å². The highest BCUT2D eigenvalue weighted by Gasteiger charge is 2.42. The first-order valence-electron chi connectivity index (χ1n) is 12.3. The number of aromatic nitrogens is 2. The highest BCUT2D eigenvalue weighted by atomic mass is 35.5. The summed E-state index contributed by atoms with van der Waals surface area (Å²) in [6.45, 7) is 3.95. The number of thiocarbonyl (C=S) groups is 1. The zero-order chi connectivity index (χ0) is 28.8. The maximum Gasteiger partial charge on any atom is 0.229 e. The Hall–Kier alpha value is -3.80. The second kappa shape index (κ2) is 10.6. The van der Waals surface area contributed by atoms with Crippen LogP contribution in [0.15, 0.2) is 66.9 Å². The minimum Gasteiger partial charge on any atom is -0.506 e. The van der Waals surface area contributed by atoms with Crippen LogP contribution < -0.4 is 19.7 Å². The number of sulfonamides is 1. The van der Waals surface area contributed by atoms with Crippen molar-refractivity contribution >= 4 is 50.3 Å². The summed E-state index contributed by atoms with van der Waals surface area (Å²) in [5.41, 5.74) is 5.13. The summed E-state index contributed by atoms with van der Waals surface area (Å²) >= 11 is 12.2. The summed E-state index contributed by atoms with van der Waals surface area (Å²) in [7, 11) is -2.04. The number of anilines is 2. The fraction of sp³-hybridized carbons (Fsp3) is 0.214. The van der Waals surface area contributed by atoms with Crippen LogP contribution in [0, 0.1) is 13.8 Å². The second-order valence-electron chi connectivity index (χ2n) is 9.55. The number of hydrogen-bond acceptors (Lipinski definition) is 6. The molecule has 3 N–H and O–H groups in total. The maximum absolute atomic E-state index is 11.9. The monoisotopic (exact) mass is 597 g/mol. The number of nitrogens with one attached hydrogen (secondary N) is 2. The van der Waals surface area contributed by atoms with Crippen molar-refractivity contribution in [1.82, 2.24) is 14.9 Å². The Bertz CT molecular complexity index is 1710. The van der Waals surface area contributed by atoms with Gasteiger partial charge in [0.25, 0.3) is 0 Å². The molecule has 3 heterocycles. The van der Waals surface area contributed by atoms with Crippen LogP contribution in [0.3, 0.4) is 0 Å². The third-order valence-corrected chi connectivity index (χ3v) is 7.96. The minimum absolute atomic E-state index is 0.106. The quantitative estimate of drug-likeness (QED) is 0.243. The van der Waals surface area contributed by atoms with E-state index in [0.717, 1.165) is 28.9 Å². The molecule has 1 saturated heterocycles. The number of pyridine rings is 1. The molecule has 12 heteroatoms. The van der Waals surface area contributed by atoms with Gasteiger partial charge in [0.15, 0.2) is 5.11 Å². The van der Waals surface area contributed by atoms with Crippen molar-refractivity contribution in [1.29, 1.82) is 0 Å². The molecule has 40 heavy (non-hydrogen) atoms. The molecule has 2 aromatic carbocycles. The molecular weight excluding hydrogens is 570 g/mol. The van der Waals surface area contributed by atoms with Crippen LogP contribution in [0.4, 0.5) is 11.4 Å². The van der Waals surface area contributed by atoms with Crippen molar-refractivity contribution in [3.05, 3.63) is 94.5 Å². The van der Waals surface area contributed by atoms with E-state index in [4.69, 9.17) is 28.6 Å². The highest BCUT2D eigenvalue weighted by molar-refractivity contribution is 7.92. The first kappa shape index (κ1) is 27.8. The number of phenolic OH excluding ortho intramolecular Hbond substituents is 1. The minimum atomic E-state index is -3.51. The summed E-state index contributed by atoms with van der Waals surface area (Å²) in [5, 5.41) is 15.1. The highest BCUT2D eigenvalue weighted by Crippen LogP contribution is 2.45. The fourth-order valence-electron chi connectivity index (χ4n) is 5.20. The molecule has 2 atom stereocenters. The Balaban J connectivity index is 1.68. The predicted molar refractivity (Wildman–Crippen MR) is 161 cm³/mol. The third kappa shape index (κ3) is 5.19. The molecule has 5 rings (SSSR count). The van der Waals surface area contributed by atoms with Gasteiger partial charge in [-0.15, -0.1) is 0 Å². The smallest absolute Gasteiger partial charge is 0.229 e. The van der Waals surface area contributed by atoms with E-state index in [1.54, 1.807) is 42.6 Å². The molecule has 1 aliphatic rings. The number of halogens is 1. The van der Waals surface area contributed by atoms with Crippen LogP contribution in [-0.4, -0.2) is 41.6 Å². The van der Waals surface area contributed by atoms with Gasteiger partial charge in [0.2, 0.25) is 10.0 Å². The standard InChI is InChI=1S/C28H28ClN5O4S2/c1-16-13-20(17(2)33(16)23-14-18(29)8-11-24(23)35)27-26(22-7-5-6-12-30-22)31-28(39)34(27)19-9-10-21(25(15-19)38-3)32-40(4,36)37/h5-15,26-27,32,35H,1-4H3,(H,31,39)/t26-,27-/m1/s1. The number of benzene rings is 2. The van der Waals surface area contributed by atoms with Crippen LogP contribution in [0.25, 0.3) is 5.69 Å². The van der Waals surface area contributed by atoms with Gasteiger partial charge in [0, 0.05) is 34.4 Å². The number of rotatable bonds is 7. The number of nitrogens with zero attached hydrogens (tertiary/aromatic N) is 3. The molecule has 0 unspecified atom stereocenters. The number of aromatic hydroxyl groups is 1. The fourth-order valence-corrected chi connectivity index (χ4v) is 6.28. The summed E-state index contributed by atoms with van der Waals surface area (Å²) in [5.74, 6) is 0.453. The largest absolute Gasteiger partial charge is 0.506 e. The lowest BCUT2D eigenvalue weighted by Crippen LogP contribution is -2.29. The molecule has 0 saturated carbocycles. The Kier molecular flexibility index (Phi) is 7.38. The first-order valence-corrected chi connectivity index (χ1v) is 15.0. The number of aryl methyl sites for hydroxylation is 1. The molecule has 2 aromatic heterocycles. The van der Waals surface area contributed by atoms with E-state index in [1.165, 1.54) is 7.11 Å². The van der Waals surface area contributed by atoms with E-state index >= 15 is 0 Å². The van der Waals surface area contributed by atoms with Gasteiger partial charge >= 0.3 is 0 Å². The lowest BCUT2D eigenvalue weighted by Gasteiger charge is -2.29. The molecule has 0 aliphatic carbocycles. The first-order chi connectivity index (χ1) is 19.0. The van der Waals surface area contributed by atoms with Crippen LogP contribution >= 0.6 is 23.8 Å². The summed E-state index contributed by atoms with van der Waals surface area (Å²) in [6.07, 6.45) is 2.82. The molecule has 208 valence electrons. The van der Waals surface area contributed by atoms with E-state index in [1.807, 2.05) is 41.5 Å². The summed E-state index contributed by atoms with van der Waals surface area (Å²) in [6, 6.07) is 17.3. The maximum atomic E-state index is 11.9. The lowest BCUT2D eigenvalue weighted by atomic mass is 9.96. The van der Waals surface area contributed by atoms with Gasteiger partial charge in [-0.1, -0.05) is 17.7 Å². The van der Waals surface area contributed by atoms with E-state index in [0.29, 0.717) is 32.9 Å². The van der Waals surface area contributed by atoms with E-state index < -0.39 is 10.0 Å². The molecule has 4 aromatic rings. The van der Waals surface area contributed by atoms with Crippen LogP contribution in [-0.2, 0) is 10.0 Å². The molecule has 0 spiro atoms. The van der Waals surface area contributed by atoms with Gasteiger partial charge in [0.1, 0.15) is 11.5 Å². The molecular formula is C28H28ClN5O4S2. The van der Waals surface area contributed by atoms with Crippen LogP contribution in [0.2, 0.25) is 5.02 Å². The number of methoxy groups -OCH3 is 1. The Morgan fingerprint density at radius 1 is 1.12 bits per heavy atom. The lowest BCUT2D eigenvalue weighted by molar-refractivity contribution is 0.417. The summed E-state index contributed by atoms with van der Waals surface area (Å²) < 4.78 is 33.8. The van der Waals surface area contributed by atoms with Crippen molar-refractivity contribution in [2.75, 3.05) is 23.0 Å². The molecule has 0 amide bonds. The normalized spacial score (nSPS) is 17.1. The average molecular weight is 598 g/mol. The van der Waals surface area contributed by atoms with Crippen molar-refractivity contribution in [3.8, 4) is 17.2 Å². The zero-order valence-corrected chi connectivity index (χ0v) is 24.6. The molecule has 0 radical (unpaired) electrons. The van der Waals surface area contributed by atoms with Crippen LogP contribution in [0.5, 0.6) is 11.5 Å². The number of hydrogen-bond donors (Lipinski definition) is 3. The van der Waals surface area contributed by atoms with Gasteiger partial charge in [-0.05, 0) is 80.2 Å². The molecule has 1 fully saturated rings. The van der Waals surface area contributed by atoms with E-state index in [2.05, 4.69) is 21.1 Å². The second-order valence-corrected chi connectivity index (χ2v) is 12.1. The van der Waals surface area contributed by atoms with Crippen molar-refractivity contribution < 1.29 is 18.3 Å². The summed E-state index contributed by atoms with van der Waals surface area (Å²) in [4.78, 5) is 6.59. The van der Waals surface area contributed by atoms with Crippen molar-refractivity contribution in [2.45, 2.75) is 25.9 Å². The van der Waals surface area contributed by atoms with Gasteiger partial charge < -0.3 is 24.6 Å².